The smallest absolute Gasteiger partial charge is 0.227 e. The molecule has 1 aromatic heterocycles. The number of anilines is 2. The third-order valence-electron chi connectivity index (χ3n) is 4.26. The third-order valence-corrected chi connectivity index (χ3v) is 4.26. The lowest BCUT2D eigenvalue weighted by molar-refractivity contribution is 0.414. The van der Waals surface area contributed by atoms with E-state index >= 15 is 0 Å². The molecular formula is C20H24N4O. The van der Waals surface area contributed by atoms with Crippen molar-refractivity contribution in [2.24, 2.45) is 0 Å². The van der Waals surface area contributed by atoms with E-state index in [9.17, 15) is 0 Å². The van der Waals surface area contributed by atoms with Crippen LogP contribution < -0.4 is 15.0 Å². The van der Waals surface area contributed by atoms with E-state index in [4.69, 9.17) is 14.7 Å². The molecule has 25 heavy (non-hydrogen) atoms. The summed E-state index contributed by atoms with van der Waals surface area (Å²) in [5.74, 6) is 2.49. The van der Waals surface area contributed by atoms with Crippen LogP contribution in [0.25, 0.3) is 10.9 Å². The fourth-order valence-electron chi connectivity index (χ4n) is 2.78. The summed E-state index contributed by atoms with van der Waals surface area (Å²) in [4.78, 5) is 11.6. The van der Waals surface area contributed by atoms with Crippen LogP contribution in [0.2, 0.25) is 0 Å². The largest absolute Gasteiger partial charge is 0.497 e. The van der Waals surface area contributed by atoms with Gasteiger partial charge in [-0.2, -0.15) is 4.98 Å². The fraction of sp³-hybridized carbons (Fsp3) is 0.300. The van der Waals surface area contributed by atoms with Crippen LogP contribution in [0.3, 0.4) is 0 Å². The topological polar surface area (TPSA) is 50.3 Å². The van der Waals surface area contributed by atoms with Gasteiger partial charge in [-0.15, -0.1) is 0 Å². The predicted molar refractivity (Wildman–Crippen MR) is 103 cm³/mol. The fourth-order valence-corrected chi connectivity index (χ4v) is 2.78. The number of hydrogen-bond donors (Lipinski definition) is 1. The normalized spacial score (nSPS) is 10.7. The Hall–Kier alpha value is -2.82. The van der Waals surface area contributed by atoms with Gasteiger partial charge in [0.25, 0.3) is 0 Å². The SMILES string of the molecule is CCN(CC)c1nc(NCc2ccc(OC)cc2)c2ccccc2n1. The summed E-state index contributed by atoms with van der Waals surface area (Å²) in [5, 5.41) is 4.50. The Morgan fingerprint density at radius 3 is 2.36 bits per heavy atom. The van der Waals surface area contributed by atoms with Gasteiger partial charge in [-0.25, -0.2) is 4.98 Å². The first-order valence-corrected chi connectivity index (χ1v) is 8.63. The van der Waals surface area contributed by atoms with E-state index in [-0.39, 0.29) is 0 Å². The zero-order valence-electron chi connectivity index (χ0n) is 15.0. The van der Waals surface area contributed by atoms with Crippen LogP contribution in [-0.4, -0.2) is 30.2 Å². The molecule has 0 fully saturated rings. The highest BCUT2D eigenvalue weighted by atomic mass is 16.5. The van der Waals surface area contributed by atoms with Crippen LogP contribution in [0, 0.1) is 0 Å². The van der Waals surface area contributed by atoms with Crippen LogP contribution in [0.4, 0.5) is 11.8 Å². The second-order valence-corrected chi connectivity index (χ2v) is 5.76. The van der Waals surface area contributed by atoms with Crippen molar-refractivity contribution in [3.63, 3.8) is 0 Å². The molecule has 0 aliphatic carbocycles. The van der Waals surface area contributed by atoms with Gasteiger partial charge in [0.1, 0.15) is 11.6 Å². The molecule has 2 aromatic carbocycles. The average Bonchev–Trinajstić information content (AvgIpc) is 2.67. The van der Waals surface area contributed by atoms with Crippen LogP contribution in [0.5, 0.6) is 5.75 Å². The Bertz CT molecular complexity index is 829. The standard InChI is InChI=1S/C20H24N4O/c1-4-24(5-2)20-22-18-9-7-6-8-17(18)19(23-20)21-14-15-10-12-16(25-3)13-11-15/h6-13H,4-5,14H2,1-3H3,(H,21,22,23). The molecule has 0 spiro atoms. The number of aromatic nitrogens is 2. The minimum atomic E-state index is 0.697. The Labute approximate surface area is 148 Å². The number of ether oxygens (including phenoxy) is 1. The maximum atomic E-state index is 5.21. The van der Waals surface area contributed by atoms with Crippen molar-refractivity contribution in [2.45, 2.75) is 20.4 Å². The predicted octanol–water partition coefficient (Wildman–Crippen LogP) is 4.10. The van der Waals surface area contributed by atoms with E-state index < -0.39 is 0 Å². The number of benzene rings is 2. The zero-order chi connectivity index (χ0) is 17.6. The number of hydrogen-bond acceptors (Lipinski definition) is 5. The highest BCUT2D eigenvalue weighted by molar-refractivity contribution is 5.90. The van der Waals surface area contributed by atoms with Gasteiger partial charge in [-0.1, -0.05) is 24.3 Å². The van der Waals surface area contributed by atoms with E-state index in [2.05, 4.69) is 42.3 Å². The second-order valence-electron chi connectivity index (χ2n) is 5.76. The van der Waals surface area contributed by atoms with Gasteiger partial charge >= 0.3 is 0 Å². The number of fused-ring (bicyclic) bond motifs is 1. The lowest BCUT2D eigenvalue weighted by atomic mass is 10.2. The summed E-state index contributed by atoms with van der Waals surface area (Å²) in [6.07, 6.45) is 0. The molecule has 0 aliphatic rings. The summed E-state index contributed by atoms with van der Waals surface area (Å²) in [6, 6.07) is 16.2. The lowest BCUT2D eigenvalue weighted by Gasteiger charge is -2.20. The minimum Gasteiger partial charge on any atom is -0.497 e. The van der Waals surface area contributed by atoms with Gasteiger partial charge in [-0.05, 0) is 43.7 Å². The summed E-state index contributed by atoms with van der Waals surface area (Å²) >= 11 is 0. The van der Waals surface area contributed by atoms with Gasteiger partial charge in [0, 0.05) is 25.0 Å². The number of methoxy groups -OCH3 is 1. The second kappa shape index (κ2) is 7.83. The van der Waals surface area contributed by atoms with Crippen molar-refractivity contribution in [3.8, 4) is 5.75 Å². The molecule has 0 amide bonds. The molecule has 0 saturated carbocycles. The van der Waals surface area contributed by atoms with Crippen molar-refractivity contribution in [1.82, 2.24) is 9.97 Å². The molecule has 5 heteroatoms. The summed E-state index contributed by atoms with van der Waals surface area (Å²) < 4.78 is 5.21. The van der Waals surface area contributed by atoms with Crippen LogP contribution in [-0.2, 0) is 6.54 Å². The number of rotatable bonds is 7. The van der Waals surface area contributed by atoms with Crippen molar-refractivity contribution < 1.29 is 4.74 Å². The maximum Gasteiger partial charge on any atom is 0.227 e. The summed E-state index contributed by atoms with van der Waals surface area (Å²) in [5.41, 5.74) is 2.13. The first-order valence-electron chi connectivity index (χ1n) is 8.63. The van der Waals surface area contributed by atoms with Gasteiger partial charge < -0.3 is 15.0 Å². The van der Waals surface area contributed by atoms with Crippen LogP contribution in [0.15, 0.2) is 48.5 Å². The molecule has 130 valence electrons. The highest BCUT2D eigenvalue weighted by Gasteiger charge is 2.11. The number of nitrogens with one attached hydrogen (secondary N) is 1. The molecule has 0 saturated heterocycles. The van der Waals surface area contributed by atoms with Gasteiger partial charge in [0.05, 0.1) is 12.6 Å². The molecule has 0 unspecified atom stereocenters. The first kappa shape index (κ1) is 17.0. The van der Waals surface area contributed by atoms with Gasteiger partial charge in [-0.3, -0.25) is 0 Å². The molecule has 3 rings (SSSR count). The molecule has 3 aromatic rings. The van der Waals surface area contributed by atoms with Crippen LogP contribution in [0.1, 0.15) is 19.4 Å². The molecule has 0 radical (unpaired) electrons. The average molecular weight is 336 g/mol. The molecule has 5 nitrogen and oxygen atoms in total. The number of para-hydroxylation sites is 1. The first-order chi connectivity index (χ1) is 12.2. The molecular weight excluding hydrogens is 312 g/mol. The number of nitrogens with zero attached hydrogens (tertiary/aromatic N) is 3. The summed E-state index contributed by atoms with van der Waals surface area (Å²) in [6.45, 7) is 6.70. The highest BCUT2D eigenvalue weighted by Crippen LogP contribution is 2.24. The van der Waals surface area contributed by atoms with Crippen molar-refractivity contribution in [3.05, 3.63) is 54.1 Å². The third kappa shape index (κ3) is 3.82. The molecule has 1 heterocycles. The Morgan fingerprint density at radius 2 is 1.68 bits per heavy atom. The monoisotopic (exact) mass is 336 g/mol. The van der Waals surface area contributed by atoms with Crippen molar-refractivity contribution >= 4 is 22.7 Å². The van der Waals surface area contributed by atoms with Gasteiger partial charge in [0.15, 0.2) is 0 Å². The summed E-state index contributed by atoms with van der Waals surface area (Å²) in [7, 11) is 1.68. The Balaban J connectivity index is 1.90. The van der Waals surface area contributed by atoms with E-state index in [0.29, 0.717) is 6.54 Å². The molecule has 0 bridgehead atoms. The lowest BCUT2D eigenvalue weighted by Crippen LogP contribution is -2.24. The van der Waals surface area contributed by atoms with E-state index in [0.717, 1.165) is 41.5 Å². The molecule has 0 aliphatic heterocycles. The molecule has 1 N–H and O–H groups in total. The van der Waals surface area contributed by atoms with E-state index in [1.165, 1.54) is 5.56 Å². The van der Waals surface area contributed by atoms with Crippen LogP contribution >= 0.6 is 0 Å². The van der Waals surface area contributed by atoms with Crippen molar-refractivity contribution in [1.29, 1.82) is 0 Å². The van der Waals surface area contributed by atoms with E-state index in [1.807, 2.05) is 30.3 Å². The van der Waals surface area contributed by atoms with Crippen molar-refractivity contribution in [2.75, 3.05) is 30.4 Å². The molecule has 0 atom stereocenters. The van der Waals surface area contributed by atoms with Gasteiger partial charge in [0.2, 0.25) is 5.95 Å². The minimum absolute atomic E-state index is 0.697. The Kier molecular flexibility index (Phi) is 5.33. The quantitative estimate of drug-likeness (QED) is 0.704. The Morgan fingerprint density at radius 1 is 0.960 bits per heavy atom. The van der Waals surface area contributed by atoms with E-state index in [1.54, 1.807) is 7.11 Å². The maximum absolute atomic E-state index is 5.21. The zero-order valence-corrected chi connectivity index (χ0v) is 15.0.